The molecule has 5 aliphatic rings. The van der Waals surface area contributed by atoms with Gasteiger partial charge in [0.1, 0.15) is 11.9 Å². The van der Waals surface area contributed by atoms with E-state index in [0.717, 1.165) is 44.9 Å². The molecule has 9 nitrogen and oxygen atoms in total. The molecule has 0 bridgehead atoms. The lowest BCUT2D eigenvalue weighted by Gasteiger charge is -2.70. The SMILES string of the molecule is CC(C)C1C(=O)C[C@]2(NC(=O)c3ncccn3)CC[C@]3(C)C(=C12)CCC1[C@@]2(C)CC[C@H](OC(=O)CC(C)(C)C(=O)O)C(C)(C)C2CC[C@]13C. The molecule has 1 amide bonds. The molecule has 2 N–H and O–H groups in total. The number of carbonyl (C=O) groups excluding carboxylic acids is 3. The number of Topliss-reactive ketones (excluding diaryl/α,β-unsaturated/α-hetero) is 1. The number of hydrogen-bond donors (Lipinski definition) is 2. The average Bonchev–Trinajstić information content (AvgIpc) is 3.30. The van der Waals surface area contributed by atoms with Gasteiger partial charge in [-0.2, -0.15) is 0 Å². The number of ketones is 1. The molecule has 0 spiro atoms. The highest BCUT2D eigenvalue weighted by Crippen LogP contribution is 2.75. The molecule has 6 rings (SSSR count). The number of carbonyl (C=O) groups is 4. The third-order valence-corrected chi connectivity index (χ3v) is 14.8. The molecule has 0 aromatic carbocycles. The third kappa shape index (κ3) is 5.30. The number of amides is 1. The number of allylic oxidation sites excluding steroid dienone is 1. The van der Waals surface area contributed by atoms with Crippen molar-refractivity contribution in [3.8, 4) is 0 Å². The van der Waals surface area contributed by atoms with Crippen molar-refractivity contribution in [3.05, 3.63) is 35.4 Å². The molecular formula is C40H57N3O6. The van der Waals surface area contributed by atoms with Crippen LogP contribution in [0.15, 0.2) is 29.6 Å². The Hall–Kier alpha value is -3.10. The first kappa shape index (κ1) is 35.7. The van der Waals surface area contributed by atoms with Crippen LogP contribution in [0.25, 0.3) is 0 Å². The molecule has 3 unspecified atom stereocenters. The van der Waals surface area contributed by atoms with Crippen molar-refractivity contribution in [2.75, 3.05) is 0 Å². The molecule has 8 atom stereocenters. The minimum atomic E-state index is -1.17. The first-order chi connectivity index (χ1) is 22.7. The Morgan fingerprint density at radius 2 is 1.65 bits per heavy atom. The predicted molar refractivity (Wildman–Crippen MR) is 185 cm³/mol. The van der Waals surface area contributed by atoms with E-state index >= 15 is 0 Å². The highest BCUT2D eigenvalue weighted by Gasteiger charge is 2.69. The quantitative estimate of drug-likeness (QED) is 0.226. The first-order valence-corrected chi connectivity index (χ1v) is 18.5. The van der Waals surface area contributed by atoms with E-state index in [1.54, 1.807) is 32.3 Å². The molecule has 1 aromatic rings. The Bertz CT molecular complexity index is 1580. The molecule has 49 heavy (non-hydrogen) atoms. The molecule has 0 saturated heterocycles. The number of fused-ring (bicyclic) bond motifs is 6. The normalized spacial score (nSPS) is 38.2. The fourth-order valence-electron chi connectivity index (χ4n) is 12.2. The number of carboxylic acids is 1. The van der Waals surface area contributed by atoms with Crippen LogP contribution >= 0.6 is 0 Å². The first-order valence-electron chi connectivity index (χ1n) is 18.5. The van der Waals surface area contributed by atoms with E-state index in [1.165, 1.54) is 11.1 Å². The molecule has 0 radical (unpaired) electrons. The number of aromatic nitrogens is 2. The Kier molecular flexibility index (Phi) is 8.55. The lowest BCUT2D eigenvalue weighted by Crippen LogP contribution is -2.65. The molecule has 0 aliphatic heterocycles. The molecule has 9 heteroatoms. The number of nitrogens with one attached hydrogen (secondary N) is 1. The summed E-state index contributed by atoms with van der Waals surface area (Å²) in [5.74, 6) is -0.690. The molecule has 4 saturated carbocycles. The highest BCUT2D eigenvalue weighted by atomic mass is 16.5. The smallest absolute Gasteiger partial charge is 0.309 e. The van der Waals surface area contributed by atoms with Gasteiger partial charge in [0.15, 0.2) is 0 Å². The van der Waals surface area contributed by atoms with Crippen LogP contribution in [0.1, 0.15) is 137 Å². The summed E-state index contributed by atoms with van der Waals surface area (Å²) < 4.78 is 6.13. The van der Waals surface area contributed by atoms with Gasteiger partial charge in [-0.25, -0.2) is 9.97 Å². The summed E-state index contributed by atoms with van der Waals surface area (Å²) in [7, 11) is 0. The number of aliphatic carboxylic acids is 1. The van der Waals surface area contributed by atoms with Crippen LogP contribution in [-0.2, 0) is 19.1 Å². The zero-order chi connectivity index (χ0) is 35.9. The van der Waals surface area contributed by atoms with Crippen LogP contribution in [0.2, 0.25) is 0 Å². The Balaban J connectivity index is 1.33. The number of esters is 1. The van der Waals surface area contributed by atoms with Gasteiger partial charge in [-0.1, -0.05) is 54.0 Å². The van der Waals surface area contributed by atoms with Crippen molar-refractivity contribution in [3.63, 3.8) is 0 Å². The number of rotatable bonds is 7. The predicted octanol–water partition coefficient (Wildman–Crippen LogP) is 7.35. The van der Waals surface area contributed by atoms with Gasteiger partial charge in [0.05, 0.1) is 17.4 Å². The maximum atomic E-state index is 13.9. The molecule has 4 fully saturated rings. The van der Waals surface area contributed by atoms with Gasteiger partial charge in [-0.3, -0.25) is 19.2 Å². The van der Waals surface area contributed by atoms with Gasteiger partial charge in [-0.05, 0) is 111 Å². The van der Waals surface area contributed by atoms with Crippen molar-refractivity contribution < 1.29 is 29.0 Å². The van der Waals surface area contributed by atoms with E-state index in [1.807, 2.05) is 0 Å². The summed E-state index contributed by atoms with van der Waals surface area (Å²) in [5, 5.41) is 12.9. The van der Waals surface area contributed by atoms with E-state index in [0.29, 0.717) is 24.7 Å². The standard InChI is InChI=1S/C40H57N3O6/c1-23(2)30-25(44)21-40(43-33(46)32-41-19-10-20-42-32)18-17-38(8)24(31(30)40)11-12-27-37(7)15-14-28(49-29(45)22-35(3,4)34(47)48)36(5,6)26(37)13-16-39(27,38)9/h10,19-20,23,26-28,30H,11-18,21-22H2,1-9H3,(H,43,46)(H,47,48)/t26?,27?,28-,30?,37-,38+,39+,40+/m0/s1. The number of carboxylic acid groups (broad SMARTS) is 1. The molecule has 1 heterocycles. The summed E-state index contributed by atoms with van der Waals surface area (Å²) in [4.78, 5) is 60.7. The van der Waals surface area contributed by atoms with E-state index in [2.05, 4.69) is 63.8 Å². The number of hydrogen-bond acceptors (Lipinski definition) is 7. The lowest BCUT2D eigenvalue weighted by atomic mass is 9.34. The van der Waals surface area contributed by atoms with Gasteiger partial charge >= 0.3 is 11.9 Å². The minimum Gasteiger partial charge on any atom is -0.481 e. The largest absolute Gasteiger partial charge is 0.481 e. The maximum absolute atomic E-state index is 13.9. The maximum Gasteiger partial charge on any atom is 0.309 e. The van der Waals surface area contributed by atoms with Crippen LogP contribution in [-0.4, -0.2) is 50.3 Å². The monoisotopic (exact) mass is 675 g/mol. The van der Waals surface area contributed by atoms with Crippen molar-refractivity contribution in [2.45, 2.75) is 138 Å². The zero-order valence-corrected chi connectivity index (χ0v) is 31.1. The second-order valence-electron chi connectivity index (χ2n) is 18.5. The lowest BCUT2D eigenvalue weighted by molar-refractivity contribution is -0.214. The number of ether oxygens (including phenoxy) is 1. The Morgan fingerprint density at radius 3 is 2.29 bits per heavy atom. The fraction of sp³-hybridized carbons (Fsp3) is 0.750. The van der Waals surface area contributed by atoms with Gasteiger partial charge in [0.2, 0.25) is 5.82 Å². The van der Waals surface area contributed by atoms with Gasteiger partial charge in [0, 0.05) is 30.1 Å². The van der Waals surface area contributed by atoms with Crippen molar-refractivity contribution in [1.82, 2.24) is 15.3 Å². The summed E-state index contributed by atoms with van der Waals surface area (Å²) in [6.45, 7) is 19.4. The van der Waals surface area contributed by atoms with E-state index < -0.39 is 22.9 Å². The second kappa shape index (κ2) is 11.7. The van der Waals surface area contributed by atoms with E-state index in [-0.39, 0.29) is 63.5 Å². The fourth-order valence-corrected chi connectivity index (χ4v) is 12.2. The number of nitrogens with zero attached hydrogens (tertiary/aromatic N) is 2. The van der Waals surface area contributed by atoms with E-state index in [4.69, 9.17) is 4.74 Å². The average molecular weight is 676 g/mol. The van der Waals surface area contributed by atoms with Crippen LogP contribution < -0.4 is 5.32 Å². The second-order valence-corrected chi connectivity index (χ2v) is 18.5. The molecule has 5 aliphatic carbocycles. The summed E-state index contributed by atoms with van der Waals surface area (Å²) in [6, 6.07) is 1.69. The van der Waals surface area contributed by atoms with Gasteiger partial charge in [-0.15, -0.1) is 0 Å². The molecule has 1 aromatic heterocycles. The Morgan fingerprint density at radius 1 is 0.980 bits per heavy atom. The van der Waals surface area contributed by atoms with Gasteiger partial charge < -0.3 is 15.2 Å². The topological polar surface area (TPSA) is 136 Å². The minimum absolute atomic E-state index is 0.00415. The van der Waals surface area contributed by atoms with Gasteiger partial charge in [0.25, 0.3) is 5.91 Å². The van der Waals surface area contributed by atoms with Crippen molar-refractivity contribution in [1.29, 1.82) is 0 Å². The van der Waals surface area contributed by atoms with E-state index in [9.17, 15) is 24.3 Å². The summed E-state index contributed by atoms with van der Waals surface area (Å²) in [6.07, 6.45) is 10.4. The Labute approximate surface area is 291 Å². The van der Waals surface area contributed by atoms with Crippen LogP contribution in [0, 0.1) is 50.7 Å². The zero-order valence-electron chi connectivity index (χ0n) is 31.1. The summed E-state index contributed by atoms with van der Waals surface area (Å²) >= 11 is 0. The van der Waals surface area contributed by atoms with Crippen molar-refractivity contribution >= 4 is 23.6 Å². The highest BCUT2D eigenvalue weighted by molar-refractivity contribution is 5.96. The van der Waals surface area contributed by atoms with Crippen LogP contribution in [0.5, 0.6) is 0 Å². The summed E-state index contributed by atoms with van der Waals surface area (Å²) in [5.41, 5.74) is 0.354. The van der Waals surface area contributed by atoms with Crippen molar-refractivity contribution in [2.24, 2.45) is 50.7 Å². The third-order valence-electron chi connectivity index (χ3n) is 14.8. The molecule has 268 valence electrons. The molecular weight excluding hydrogens is 618 g/mol. The van der Waals surface area contributed by atoms with Crippen LogP contribution in [0.3, 0.4) is 0 Å². The van der Waals surface area contributed by atoms with Crippen LogP contribution in [0.4, 0.5) is 0 Å².